The summed E-state index contributed by atoms with van der Waals surface area (Å²) in [5, 5.41) is 4.56. The summed E-state index contributed by atoms with van der Waals surface area (Å²) in [6.07, 6.45) is 2.74. The molecular formula is C13H13BrN2. The largest absolute Gasteiger partial charge is 0.370 e. The van der Waals surface area contributed by atoms with Gasteiger partial charge in [0.2, 0.25) is 0 Å². The van der Waals surface area contributed by atoms with Crippen LogP contribution in [0.5, 0.6) is 0 Å². The van der Waals surface area contributed by atoms with Crippen molar-refractivity contribution >= 4 is 32.7 Å². The van der Waals surface area contributed by atoms with Crippen molar-refractivity contribution in [3.05, 3.63) is 34.8 Å². The van der Waals surface area contributed by atoms with Gasteiger partial charge in [-0.25, -0.2) is 4.98 Å². The lowest BCUT2D eigenvalue weighted by Crippen LogP contribution is -2.04. The van der Waals surface area contributed by atoms with Crippen molar-refractivity contribution in [3.8, 4) is 0 Å². The van der Waals surface area contributed by atoms with Gasteiger partial charge in [-0.15, -0.1) is 0 Å². The van der Waals surface area contributed by atoms with Crippen LogP contribution in [0.1, 0.15) is 12.8 Å². The van der Waals surface area contributed by atoms with Gasteiger partial charge in [-0.05, 0) is 49.1 Å². The Morgan fingerprint density at radius 2 is 2.12 bits per heavy atom. The summed E-state index contributed by atoms with van der Waals surface area (Å²) >= 11 is 3.47. The van der Waals surface area contributed by atoms with E-state index in [0.29, 0.717) is 0 Å². The number of benzene rings is 1. The average Bonchev–Trinajstić information content (AvgIpc) is 3.10. The van der Waals surface area contributed by atoms with Crippen molar-refractivity contribution in [2.24, 2.45) is 5.92 Å². The van der Waals surface area contributed by atoms with E-state index in [4.69, 9.17) is 0 Å². The maximum absolute atomic E-state index is 4.58. The zero-order valence-corrected chi connectivity index (χ0v) is 10.5. The summed E-state index contributed by atoms with van der Waals surface area (Å²) in [6, 6.07) is 10.3. The molecule has 3 heteroatoms. The summed E-state index contributed by atoms with van der Waals surface area (Å²) < 4.78 is 1.10. The maximum atomic E-state index is 4.58. The van der Waals surface area contributed by atoms with Crippen molar-refractivity contribution in [1.82, 2.24) is 4.98 Å². The zero-order valence-electron chi connectivity index (χ0n) is 8.91. The van der Waals surface area contributed by atoms with Gasteiger partial charge in [-0.3, -0.25) is 0 Å². The first kappa shape index (κ1) is 10.1. The molecule has 0 radical (unpaired) electrons. The van der Waals surface area contributed by atoms with Crippen LogP contribution < -0.4 is 5.32 Å². The molecule has 0 saturated heterocycles. The predicted octanol–water partition coefficient (Wildman–Crippen LogP) is 3.82. The minimum atomic E-state index is 0.877. The van der Waals surface area contributed by atoms with Gasteiger partial charge < -0.3 is 5.32 Å². The summed E-state index contributed by atoms with van der Waals surface area (Å²) in [7, 11) is 0. The molecule has 0 bridgehead atoms. The number of halogens is 1. The molecule has 3 rings (SSSR count). The third-order valence-corrected chi connectivity index (χ3v) is 3.41. The van der Waals surface area contributed by atoms with Crippen LogP contribution in [-0.2, 0) is 0 Å². The van der Waals surface area contributed by atoms with E-state index in [2.05, 4.69) is 44.4 Å². The van der Waals surface area contributed by atoms with Crippen molar-refractivity contribution in [3.63, 3.8) is 0 Å². The van der Waals surface area contributed by atoms with Crippen LogP contribution in [0.2, 0.25) is 0 Å². The second-order valence-corrected chi connectivity index (χ2v) is 5.27. The number of hydrogen-bond donors (Lipinski definition) is 1. The predicted molar refractivity (Wildman–Crippen MR) is 70.7 cm³/mol. The Hall–Kier alpha value is -1.09. The summed E-state index contributed by atoms with van der Waals surface area (Å²) in [5.41, 5.74) is 1.05. The Morgan fingerprint density at radius 1 is 1.25 bits per heavy atom. The summed E-state index contributed by atoms with van der Waals surface area (Å²) in [6.45, 7) is 1.06. The van der Waals surface area contributed by atoms with E-state index in [0.717, 1.165) is 28.3 Å². The first-order chi connectivity index (χ1) is 7.81. The van der Waals surface area contributed by atoms with E-state index in [1.807, 2.05) is 12.1 Å². The Labute approximate surface area is 103 Å². The molecule has 2 nitrogen and oxygen atoms in total. The molecule has 1 aliphatic carbocycles. The SMILES string of the molecule is Brc1ccc2nc(NCC3CC3)ccc2c1. The number of pyridine rings is 1. The second kappa shape index (κ2) is 4.06. The molecule has 1 heterocycles. The molecule has 1 fully saturated rings. The summed E-state index contributed by atoms with van der Waals surface area (Å²) in [4.78, 5) is 4.58. The fourth-order valence-corrected chi connectivity index (χ4v) is 2.14. The molecule has 1 aliphatic rings. The van der Waals surface area contributed by atoms with Crippen LogP contribution in [-0.4, -0.2) is 11.5 Å². The van der Waals surface area contributed by atoms with Gasteiger partial charge in [0, 0.05) is 16.4 Å². The van der Waals surface area contributed by atoms with Crippen molar-refractivity contribution in [1.29, 1.82) is 0 Å². The fraction of sp³-hybridized carbons (Fsp3) is 0.308. The number of rotatable bonds is 3. The van der Waals surface area contributed by atoms with Crippen molar-refractivity contribution in [2.75, 3.05) is 11.9 Å². The van der Waals surface area contributed by atoms with E-state index >= 15 is 0 Å². The molecule has 0 spiro atoms. The molecule has 0 amide bonds. The van der Waals surface area contributed by atoms with Crippen LogP contribution in [0, 0.1) is 5.92 Å². The molecular weight excluding hydrogens is 264 g/mol. The molecule has 2 aromatic rings. The number of anilines is 1. The highest BCUT2D eigenvalue weighted by molar-refractivity contribution is 9.10. The van der Waals surface area contributed by atoms with Crippen LogP contribution in [0.15, 0.2) is 34.8 Å². The number of fused-ring (bicyclic) bond motifs is 1. The Morgan fingerprint density at radius 3 is 2.94 bits per heavy atom. The van der Waals surface area contributed by atoms with Crippen LogP contribution in [0.3, 0.4) is 0 Å². The van der Waals surface area contributed by atoms with E-state index in [9.17, 15) is 0 Å². The summed E-state index contributed by atoms with van der Waals surface area (Å²) in [5.74, 6) is 1.86. The van der Waals surface area contributed by atoms with Crippen LogP contribution in [0.25, 0.3) is 10.9 Å². The van der Waals surface area contributed by atoms with Gasteiger partial charge in [0.1, 0.15) is 5.82 Å². The van der Waals surface area contributed by atoms with Crippen molar-refractivity contribution in [2.45, 2.75) is 12.8 Å². The molecule has 1 aromatic carbocycles. The molecule has 1 saturated carbocycles. The highest BCUT2D eigenvalue weighted by Gasteiger charge is 2.20. The lowest BCUT2D eigenvalue weighted by Gasteiger charge is -2.05. The highest BCUT2D eigenvalue weighted by atomic mass is 79.9. The van der Waals surface area contributed by atoms with Gasteiger partial charge in [0.15, 0.2) is 0 Å². The first-order valence-corrected chi connectivity index (χ1v) is 6.41. The zero-order chi connectivity index (χ0) is 11.0. The fourth-order valence-electron chi connectivity index (χ4n) is 1.77. The lowest BCUT2D eigenvalue weighted by molar-refractivity contribution is 0.884. The molecule has 0 atom stereocenters. The number of aromatic nitrogens is 1. The molecule has 1 N–H and O–H groups in total. The van der Waals surface area contributed by atoms with Crippen LogP contribution >= 0.6 is 15.9 Å². The third-order valence-electron chi connectivity index (χ3n) is 2.92. The number of nitrogens with one attached hydrogen (secondary N) is 1. The standard InChI is InChI=1S/C13H13BrN2/c14-11-4-5-12-10(7-11)3-6-13(16-12)15-8-9-1-2-9/h3-7,9H,1-2,8H2,(H,15,16). The van der Waals surface area contributed by atoms with Gasteiger partial charge in [0.25, 0.3) is 0 Å². The van der Waals surface area contributed by atoms with Gasteiger partial charge in [-0.1, -0.05) is 15.9 Å². The van der Waals surface area contributed by atoms with E-state index < -0.39 is 0 Å². The lowest BCUT2D eigenvalue weighted by atomic mass is 10.2. The Bertz CT molecular complexity index is 520. The molecule has 0 aliphatic heterocycles. The van der Waals surface area contributed by atoms with Gasteiger partial charge >= 0.3 is 0 Å². The quantitative estimate of drug-likeness (QED) is 0.922. The Kier molecular flexibility index (Phi) is 2.56. The van der Waals surface area contributed by atoms with Crippen LogP contribution in [0.4, 0.5) is 5.82 Å². The minimum Gasteiger partial charge on any atom is -0.370 e. The maximum Gasteiger partial charge on any atom is 0.126 e. The molecule has 0 unspecified atom stereocenters. The van der Waals surface area contributed by atoms with Gasteiger partial charge in [-0.2, -0.15) is 0 Å². The first-order valence-electron chi connectivity index (χ1n) is 5.61. The average molecular weight is 277 g/mol. The molecule has 16 heavy (non-hydrogen) atoms. The third kappa shape index (κ3) is 2.19. The molecule has 1 aromatic heterocycles. The molecule has 82 valence electrons. The Balaban J connectivity index is 1.86. The smallest absolute Gasteiger partial charge is 0.126 e. The number of hydrogen-bond acceptors (Lipinski definition) is 2. The number of nitrogens with zero attached hydrogens (tertiary/aromatic N) is 1. The van der Waals surface area contributed by atoms with Gasteiger partial charge in [0.05, 0.1) is 5.52 Å². The van der Waals surface area contributed by atoms with Crippen molar-refractivity contribution < 1.29 is 0 Å². The van der Waals surface area contributed by atoms with E-state index in [-0.39, 0.29) is 0 Å². The topological polar surface area (TPSA) is 24.9 Å². The monoisotopic (exact) mass is 276 g/mol. The highest BCUT2D eigenvalue weighted by Crippen LogP contribution is 2.29. The second-order valence-electron chi connectivity index (χ2n) is 4.36. The minimum absolute atomic E-state index is 0.877. The van der Waals surface area contributed by atoms with E-state index in [1.54, 1.807) is 0 Å². The van der Waals surface area contributed by atoms with E-state index in [1.165, 1.54) is 18.2 Å². The normalized spacial score (nSPS) is 15.3.